The standard InChI is InChI=1S/C19H24FN5O/c1-21-19(23-14-15-4-3-9-22-18(15)26-2)25-12-10-24(11-13-25)17-7-5-16(20)6-8-17/h3-9H,10-14H2,1-2H3,(H,21,23). The maximum Gasteiger partial charge on any atom is 0.218 e. The van der Waals surface area contributed by atoms with Gasteiger partial charge in [0.25, 0.3) is 0 Å². The van der Waals surface area contributed by atoms with Crippen LogP contribution in [-0.4, -0.2) is 56.2 Å². The Labute approximate surface area is 153 Å². The minimum absolute atomic E-state index is 0.206. The molecule has 7 heteroatoms. The quantitative estimate of drug-likeness (QED) is 0.671. The summed E-state index contributed by atoms with van der Waals surface area (Å²) in [6.07, 6.45) is 1.71. The van der Waals surface area contributed by atoms with Gasteiger partial charge in [0.05, 0.1) is 7.11 Å². The highest BCUT2D eigenvalue weighted by atomic mass is 19.1. The number of ether oxygens (including phenoxy) is 1. The van der Waals surface area contributed by atoms with Gasteiger partial charge in [-0.3, -0.25) is 4.99 Å². The Morgan fingerprint density at radius 3 is 2.58 bits per heavy atom. The molecule has 1 saturated heterocycles. The molecule has 0 spiro atoms. The minimum atomic E-state index is -0.206. The number of guanidine groups is 1. The lowest BCUT2D eigenvalue weighted by atomic mass is 10.2. The second kappa shape index (κ2) is 8.51. The first-order valence-corrected chi connectivity index (χ1v) is 8.65. The second-order valence-electron chi connectivity index (χ2n) is 6.02. The van der Waals surface area contributed by atoms with Crippen molar-refractivity contribution in [2.45, 2.75) is 6.54 Å². The Kier molecular flexibility index (Phi) is 5.88. The van der Waals surface area contributed by atoms with Crippen LogP contribution in [0.1, 0.15) is 5.56 Å². The summed E-state index contributed by atoms with van der Waals surface area (Å²) in [5.74, 6) is 1.27. The molecule has 0 atom stereocenters. The van der Waals surface area contributed by atoms with Crippen LogP contribution >= 0.6 is 0 Å². The molecule has 0 bridgehead atoms. The minimum Gasteiger partial charge on any atom is -0.481 e. The lowest BCUT2D eigenvalue weighted by Crippen LogP contribution is -2.52. The van der Waals surface area contributed by atoms with E-state index in [0.717, 1.165) is 43.4 Å². The topological polar surface area (TPSA) is 53.0 Å². The summed E-state index contributed by atoms with van der Waals surface area (Å²) in [6.45, 7) is 4.02. The van der Waals surface area contributed by atoms with Crippen molar-refractivity contribution in [3.05, 3.63) is 54.0 Å². The van der Waals surface area contributed by atoms with Crippen molar-refractivity contribution in [1.29, 1.82) is 0 Å². The summed E-state index contributed by atoms with van der Waals surface area (Å²) in [5, 5.41) is 3.38. The molecule has 0 unspecified atom stereocenters. The fraction of sp³-hybridized carbons (Fsp3) is 0.368. The van der Waals surface area contributed by atoms with Crippen LogP contribution in [0, 0.1) is 5.82 Å². The van der Waals surface area contributed by atoms with E-state index in [1.165, 1.54) is 12.1 Å². The van der Waals surface area contributed by atoms with Crippen LogP contribution in [0.15, 0.2) is 47.6 Å². The molecule has 0 aliphatic carbocycles. The van der Waals surface area contributed by atoms with Crippen molar-refractivity contribution < 1.29 is 9.13 Å². The smallest absolute Gasteiger partial charge is 0.218 e. The van der Waals surface area contributed by atoms with Crippen molar-refractivity contribution >= 4 is 11.6 Å². The molecular formula is C19H24FN5O. The van der Waals surface area contributed by atoms with Gasteiger partial charge in [0.15, 0.2) is 5.96 Å². The monoisotopic (exact) mass is 357 g/mol. The average molecular weight is 357 g/mol. The van der Waals surface area contributed by atoms with Gasteiger partial charge in [-0.25, -0.2) is 9.37 Å². The number of aliphatic imine (C=N–C) groups is 1. The zero-order chi connectivity index (χ0) is 18.4. The zero-order valence-electron chi connectivity index (χ0n) is 15.2. The lowest BCUT2D eigenvalue weighted by molar-refractivity contribution is 0.370. The van der Waals surface area contributed by atoms with E-state index in [1.807, 2.05) is 24.3 Å². The number of rotatable bonds is 4. The number of nitrogens with one attached hydrogen (secondary N) is 1. The summed E-state index contributed by atoms with van der Waals surface area (Å²) < 4.78 is 18.4. The van der Waals surface area contributed by atoms with E-state index in [-0.39, 0.29) is 5.82 Å². The van der Waals surface area contributed by atoms with Gasteiger partial charge in [-0.15, -0.1) is 0 Å². The first-order valence-electron chi connectivity index (χ1n) is 8.65. The largest absolute Gasteiger partial charge is 0.481 e. The molecule has 6 nitrogen and oxygen atoms in total. The molecule has 2 heterocycles. The number of methoxy groups -OCH3 is 1. The van der Waals surface area contributed by atoms with E-state index in [2.05, 4.69) is 25.1 Å². The van der Waals surface area contributed by atoms with Crippen molar-refractivity contribution in [2.24, 2.45) is 4.99 Å². The molecule has 1 aliphatic rings. The maximum atomic E-state index is 13.1. The van der Waals surface area contributed by atoms with Gasteiger partial charge in [0, 0.05) is 57.2 Å². The lowest BCUT2D eigenvalue weighted by Gasteiger charge is -2.37. The van der Waals surface area contributed by atoms with Crippen LogP contribution in [0.4, 0.5) is 10.1 Å². The van der Waals surface area contributed by atoms with Crippen molar-refractivity contribution in [3.8, 4) is 5.88 Å². The predicted octanol–water partition coefficient (Wildman–Crippen LogP) is 2.13. The van der Waals surface area contributed by atoms with Crippen LogP contribution in [-0.2, 0) is 6.54 Å². The zero-order valence-corrected chi connectivity index (χ0v) is 15.2. The van der Waals surface area contributed by atoms with Gasteiger partial charge < -0.3 is 19.9 Å². The van der Waals surface area contributed by atoms with E-state index in [4.69, 9.17) is 4.74 Å². The Morgan fingerprint density at radius 1 is 1.19 bits per heavy atom. The molecule has 1 fully saturated rings. The third kappa shape index (κ3) is 4.22. The number of piperazine rings is 1. The number of hydrogen-bond acceptors (Lipinski definition) is 4. The van der Waals surface area contributed by atoms with Gasteiger partial charge in [0.2, 0.25) is 5.88 Å². The number of aromatic nitrogens is 1. The molecule has 1 aromatic carbocycles. The molecule has 0 amide bonds. The number of halogens is 1. The Hall–Kier alpha value is -2.83. The van der Waals surface area contributed by atoms with Crippen LogP contribution in [0.5, 0.6) is 5.88 Å². The Bertz CT molecular complexity index is 742. The highest BCUT2D eigenvalue weighted by Gasteiger charge is 2.20. The van der Waals surface area contributed by atoms with E-state index in [1.54, 1.807) is 20.4 Å². The summed E-state index contributed by atoms with van der Waals surface area (Å²) in [7, 11) is 3.41. The van der Waals surface area contributed by atoms with Gasteiger partial charge >= 0.3 is 0 Å². The third-order valence-corrected chi connectivity index (χ3v) is 4.46. The molecule has 1 aromatic heterocycles. The number of hydrogen-bond donors (Lipinski definition) is 1. The van der Waals surface area contributed by atoms with E-state index >= 15 is 0 Å². The first-order chi connectivity index (χ1) is 12.7. The molecule has 138 valence electrons. The molecule has 0 radical (unpaired) electrons. The molecular weight excluding hydrogens is 333 g/mol. The molecule has 2 aromatic rings. The second-order valence-corrected chi connectivity index (χ2v) is 6.02. The molecule has 1 aliphatic heterocycles. The Balaban J connectivity index is 1.56. The SMILES string of the molecule is CN=C(NCc1cccnc1OC)N1CCN(c2ccc(F)cc2)CC1. The van der Waals surface area contributed by atoms with Gasteiger partial charge in [-0.05, 0) is 30.3 Å². The third-order valence-electron chi connectivity index (χ3n) is 4.46. The summed E-state index contributed by atoms with van der Waals surface area (Å²) in [4.78, 5) is 13.1. The van der Waals surface area contributed by atoms with E-state index in [0.29, 0.717) is 12.4 Å². The first kappa shape index (κ1) is 18.0. The van der Waals surface area contributed by atoms with Crippen molar-refractivity contribution in [1.82, 2.24) is 15.2 Å². The van der Waals surface area contributed by atoms with Crippen LogP contribution < -0.4 is 15.0 Å². The molecule has 0 saturated carbocycles. The fourth-order valence-electron chi connectivity index (χ4n) is 3.08. The maximum absolute atomic E-state index is 13.1. The number of nitrogens with zero attached hydrogens (tertiary/aromatic N) is 4. The van der Waals surface area contributed by atoms with Crippen LogP contribution in [0.25, 0.3) is 0 Å². The van der Waals surface area contributed by atoms with Crippen molar-refractivity contribution in [2.75, 3.05) is 45.2 Å². The normalized spacial score (nSPS) is 15.1. The average Bonchev–Trinajstić information content (AvgIpc) is 2.70. The number of pyridine rings is 1. The van der Waals surface area contributed by atoms with E-state index < -0.39 is 0 Å². The van der Waals surface area contributed by atoms with Gasteiger partial charge in [0.1, 0.15) is 5.82 Å². The van der Waals surface area contributed by atoms with Crippen LogP contribution in [0.2, 0.25) is 0 Å². The molecule has 26 heavy (non-hydrogen) atoms. The fourth-order valence-corrected chi connectivity index (χ4v) is 3.08. The molecule has 3 rings (SSSR count). The van der Waals surface area contributed by atoms with Gasteiger partial charge in [-0.1, -0.05) is 6.07 Å². The van der Waals surface area contributed by atoms with Crippen LogP contribution in [0.3, 0.4) is 0 Å². The summed E-state index contributed by atoms with van der Waals surface area (Å²) in [5.41, 5.74) is 2.04. The molecule has 1 N–H and O–H groups in total. The number of anilines is 1. The number of benzene rings is 1. The van der Waals surface area contributed by atoms with Crippen molar-refractivity contribution in [3.63, 3.8) is 0 Å². The van der Waals surface area contributed by atoms with E-state index in [9.17, 15) is 4.39 Å². The highest BCUT2D eigenvalue weighted by Crippen LogP contribution is 2.17. The highest BCUT2D eigenvalue weighted by molar-refractivity contribution is 5.80. The predicted molar refractivity (Wildman–Crippen MR) is 101 cm³/mol. The van der Waals surface area contributed by atoms with Gasteiger partial charge in [-0.2, -0.15) is 0 Å². The summed E-state index contributed by atoms with van der Waals surface area (Å²) >= 11 is 0. The summed E-state index contributed by atoms with van der Waals surface area (Å²) in [6, 6.07) is 10.5. The Morgan fingerprint density at radius 2 is 1.92 bits per heavy atom.